The fraction of sp³-hybridized carbons (Fsp3) is 0.222. The van der Waals surface area contributed by atoms with E-state index in [1.54, 1.807) is 12.1 Å². The predicted octanol–water partition coefficient (Wildman–Crippen LogP) is 2.78. The molecule has 0 saturated heterocycles. The topological polar surface area (TPSA) is 78.8 Å². The van der Waals surface area contributed by atoms with E-state index in [4.69, 9.17) is 0 Å². The Labute approximate surface area is 160 Å². The summed E-state index contributed by atoms with van der Waals surface area (Å²) in [6, 6.07) is 10.5. The van der Waals surface area contributed by atoms with Crippen LogP contribution in [0.4, 0.5) is 13.2 Å². The van der Waals surface area contributed by atoms with Gasteiger partial charge in [-0.1, -0.05) is 29.8 Å². The summed E-state index contributed by atoms with van der Waals surface area (Å²) in [6.45, 7) is 1.31. The second-order valence-corrected chi connectivity index (χ2v) is 8.04. The van der Waals surface area contributed by atoms with Crippen LogP contribution < -0.4 is 5.43 Å². The number of hydrogen-bond donors (Lipinski definition) is 1. The molecule has 0 atom stereocenters. The second kappa shape index (κ2) is 8.53. The van der Waals surface area contributed by atoms with Gasteiger partial charge in [-0.05, 0) is 36.8 Å². The highest BCUT2D eigenvalue weighted by Gasteiger charge is 2.30. The van der Waals surface area contributed by atoms with Gasteiger partial charge in [-0.25, -0.2) is 13.8 Å². The number of nitrogens with one attached hydrogen (secondary N) is 1. The summed E-state index contributed by atoms with van der Waals surface area (Å²) < 4.78 is 63.6. The largest absolute Gasteiger partial charge is 0.416 e. The summed E-state index contributed by atoms with van der Waals surface area (Å²) in [5.41, 5.74) is 2.28. The van der Waals surface area contributed by atoms with E-state index in [9.17, 15) is 26.4 Å². The average molecular weight is 413 g/mol. The number of sulfonamides is 1. The van der Waals surface area contributed by atoms with Crippen molar-refractivity contribution in [3.8, 4) is 0 Å². The van der Waals surface area contributed by atoms with Crippen LogP contribution in [0.5, 0.6) is 0 Å². The third-order valence-corrected chi connectivity index (χ3v) is 5.53. The fourth-order valence-corrected chi connectivity index (χ4v) is 3.31. The van der Waals surface area contributed by atoms with Crippen molar-refractivity contribution in [1.29, 1.82) is 0 Å². The van der Waals surface area contributed by atoms with Crippen molar-refractivity contribution in [3.63, 3.8) is 0 Å². The van der Waals surface area contributed by atoms with E-state index in [1.807, 2.05) is 6.92 Å². The standard InChI is InChI=1S/C18H18F3N3O3S/c1-13-6-8-16(9-7-13)28(26,27)24(2)12-17(25)23-22-11-14-4-3-5-15(10-14)18(19,20)21/h3-11H,12H2,1-2H3,(H,23,25)/b22-11-. The number of carbonyl (C=O) groups is 1. The summed E-state index contributed by atoms with van der Waals surface area (Å²) in [5.74, 6) is -0.735. The number of benzene rings is 2. The maximum atomic E-state index is 12.7. The minimum absolute atomic E-state index is 0.0425. The zero-order valence-electron chi connectivity index (χ0n) is 15.1. The fourth-order valence-electron chi connectivity index (χ4n) is 2.19. The molecule has 0 aromatic heterocycles. The summed E-state index contributed by atoms with van der Waals surface area (Å²) in [6.07, 6.45) is -3.44. The number of halogens is 3. The molecule has 2 aromatic carbocycles. The van der Waals surface area contributed by atoms with E-state index in [2.05, 4.69) is 10.5 Å². The Bertz CT molecular complexity index is 972. The van der Waals surface area contributed by atoms with Crippen LogP contribution in [0.1, 0.15) is 16.7 Å². The number of alkyl halides is 3. The third-order valence-electron chi connectivity index (χ3n) is 3.71. The Morgan fingerprint density at radius 3 is 2.43 bits per heavy atom. The number of likely N-dealkylation sites (N-methyl/N-ethyl adjacent to an activating group) is 1. The van der Waals surface area contributed by atoms with Crippen molar-refractivity contribution in [2.24, 2.45) is 5.10 Å². The van der Waals surface area contributed by atoms with E-state index >= 15 is 0 Å². The molecule has 1 amide bonds. The quantitative estimate of drug-likeness (QED) is 0.584. The minimum Gasteiger partial charge on any atom is -0.272 e. The predicted molar refractivity (Wildman–Crippen MR) is 98.2 cm³/mol. The van der Waals surface area contributed by atoms with Gasteiger partial charge >= 0.3 is 6.18 Å². The first-order chi connectivity index (χ1) is 13.0. The summed E-state index contributed by atoms with van der Waals surface area (Å²) in [7, 11) is -2.61. The first-order valence-electron chi connectivity index (χ1n) is 8.02. The van der Waals surface area contributed by atoms with Gasteiger partial charge in [-0.3, -0.25) is 4.79 Å². The summed E-state index contributed by atoms with van der Waals surface area (Å²) >= 11 is 0. The van der Waals surface area contributed by atoms with Gasteiger partial charge in [0.15, 0.2) is 0 Å². The van der Waals surface area contributed by atoms with E-state index in [-0.39, 0.29) is 10.5 Å². The second-order valence-electron chi connectivity index (χ2n) is 5.99. The molecule has 2 rings (SSSR count). The lowest BCUT2D eigenvalue weighted by atomic mass is 10.1. The maximum absolute atomic E-state index is 12.7. The van der Waals surface area contributed by atoms with Gasteiger partial charge in [0, 0.05) is 7.05 Å². The van der Waals surface area contributed by atoms with Crippen LogP contribution in [-0.2, 0) is 21.0 Å². The molecule has 150 valence electrons. The van der Waals surface area contributed by atoms with E-state index in [1.165, 1.54) is 31.3 Å². The molecular weight excluding hydrogens is 395 g/mol. The molecule has 0 fully saturated rings. The Balaban J connectivity index is 1.98. The first-order valence-corrected chi connectivity index (χ1v) is 9.46. The molecule has 2 aromatic rings. The van der Waals surface area contributed by atoms with Crippen LogP contribution in [0, 0.1) is 6.92 Å². The molecule has 0 bridgehead atoms. The van der Waals surface area contributed by atoms with Crippen LogP contribution >= 0.6 is 0 Å². The third kappa shape index (κ3) is 5.64. The van der Waals surface area contributed by atoms with E-state index < -0.39 is 34.2 Å². The SMILES string of the molecule is Cc1ccc(S(=O)(=O)N(C)CC(=O)N/N=C\c2cccc(C(F)(F)F)c2)cc1. The number of hydrogen-bond acceptors (Lipinski definition) is 4. The number of amides is 1. The Kier molecular flexibility index (Phi) is 6.57. The molecule has 0 aliphatic rings. The van der Waals surface area contributed by atoms with Crippen LogP contribution in [0.3, 0.4) is 0 Å². The highest BCUT2D eigenvalue weighted by molar-refractivity contribution is 7.89. The zero-order chi connectivity index (χ0) is 20.9. The number of hydrazone groups is 1. The molecule has 0 saturated carbocycles. The van der Waals surface area contributed by atoms with Gasteiger partial charge in [0.05, 0.1) is 23.2 Å². The van der Waals surface area contributed by atoms with Crippen molar-refractivity contribution in [2.45, 2.75) is 18.0 Å². The molecule has 0 unspecified atom stereocenters. The minimum atomic E-state index is -4.49. The summed E-state index contributed by atoms with van der Waals surface area (Å²) in [4.78, 5) is 11.9. The molecule has 0 spiro atoms. The van der Waals surface area contributed by atoms with Gasteiger partial charge < -0.3 is 0 Å². The van der Waals surface area contributed by atoms with Gasteiger partial charge in [0.2, 0.25) is 10.0 Å². The first kappa shape index (κ1) is 21.6. The molecule has 0 aliphatic carbocycles. The van der Waals surface area contributed by atoms with Gasteiger partial charge in [-0.2, -0.15) is 22.6 Å². The Morgan fingerprint density at radius 1 is 1.18 bits per heavy atom. The molecular formula is C18H18F3N3O3S. The molecule has 6 nitrogen and oxygen atoms in total. The maximum Gasteiger partial charge on any atom is 0.416 e. The molecule has 0 heterocycles. The number of rotatable bonds is 6. The Hall–Kier alpha value is -2.72. The lowest BCUT2D eigenvalue weighted by molar-refractivity contribution is -0.137. The highest BCUT2D eigenvalue weighted by atomic mass is 32.2. The van der Waals surface area contributed by atoms with Gasteiger partial charge in [-0.15, -0.1) is 0 Å². The number of nitrogens with zero attached hydrogens (tertiary/aromatic N) is 2. The highest BCUT2D eigenvalue weighted by Crippen LogP contribution is 2.29. The van der Waals surface area contributed by atoms with Crippen molar-refractivity contribution in [2.75, 3.05) is 13.6 Å². The van der Waals surface area contributed by atoms with E-state index in [0.717, 1.165) is 28.2 Å². The monoisotopic (exact) mass is 413 g/mol. The van der Waals surface area contributed by atoms with Crippen molar-refractivity contribution in [3.05, 3.63) is 65.2 Å². The molecule has 0 radical (unpaired) electrons. The molecule has 1 N–H and O–H groups in total. The number of carbonyl (C=O) groups excluding carboxylic acids is 1. The summed E-state index contributed by atoms with van der Waals surface area (Å²) in [5, 5.41) is 3.57. The van der Waals surface area contributed by atoms with Crippen LogP contribution in [0.25, 0.3) is 0 Å². The lowest BCUT2D eigenvalue weighted by Gasteiger charge is -2.16. The Morgan fingerprint density at radius 2 is 1.82 bits per heavy atom. The van der Waals surface area contributed by atoms with Gasteiger partial charge in [0.25, 0.3) is 5.91 Å². The molecule has 0 aliphatic heterocycles. The van der Waals surface area contributed by atoms with E-state index in [0.29, 0.717) is 0 Å². The van der Waals surface area contributed by atoms with Crippen LogP contribution in [0.15, 0.2) is 58.5 Å². The zero-order valence-corrected chi connectivity index (χ0v) is 15.9. The normalized spacial score (nSPS) is 12.5. The smallest absolute Gasteiger partial charge is 0.272 e. The molecule has 10 heteroatoms. The lowest BCUT2D eigenvalue weighted by Crippen LogP contribution is -2.36. The van der Waals surface area contributed by atoms with Crippen molar-refractivity contribution in [1.82, 2.24) is 9.73 Å². The van der Waals surface area contributed by atoms with Crippen LogP contribution in [-0.4, -0.2) is 38.4 Å². The van der Waals surface area contributed by atoms with Crippen LogP contribution in [0.2, 0.25) is 0 Å². The van der Waals surface area contributed by atoms with Crippen molar-refractivity contribution < 1.29 is 26.4 Å². The number of aryl methyl sites for hydroxylation is 1. The van der Waals surface area contributed by atoms with Gasteiger partial charge in [0.1, 0.15) is 0 Å². The van der Waals surface area contributed by atoms with Crippen molar-refractivity contribution >= 4 is 22.1 Å². The molecule has 28 heavy (non-hydrogen) atoms. The average Bonchev–Trinajstić information content (AvgIpc) is 2.61.